The molecule has 6 heteroatoms. The second-order valence-corrected chi connectivity index (χ2v) is 9.39. The highest BCUT2D eigenvalue weighted by Crippen LogP contribution is 2.60. The first-order valence-electron chi connectivity index (χ1n) is 11.8. The van der Waals surface area contributed by atoms with E-state index in [4.69, 9.17) is 4.74 Å². The fourth-order valence-electron chi connectivity index (χ4n) is 6.15. The van der Waals surface area contributed by atoms with Crippen LogP contribution in [0.3, 0.4) is 0 Å². The third-order valence-corrected chi connectivity index (χ3v) is 7.56. The van der Waals surface area contributed by atoms with Crippen LogP contribution in [0.4, 0.5) is 0 Å². The molecule has 2 bridgehead atoms. The van der Waals surface area contributed by atoms with Crippen LogP contribution >= 0.6 is 0 Å². The van der Waals surface area contributed by atoms with E-state index >= 15 is 0 Å². The fourth-order valence-corrected chi connectivity index (χ4v) is 6.15. The summed E-state index contributed by atoms with van der Waals surface area (Å²) >= 11 is 0. The van der Waals surface area contributed by atoms with E-state index in [0.29, 0.717) is 5.56 Å². The van der Waals surface area contributed by atoms with Crippen LogP contribution in [-0.4, -0.2) is 41.1 Å². The van der Waals surface area contributed by atoms with Gasteiger partial charge in [-0.15, -0.1) is 0 Å². The van der Waals surface area contributed by atoms with Crippen LogP contribution < -0.4 is 0 Å². The monoisotopic (exact) mass is 465 g/mol. The van der Waals surface area contributed by atoms with E-state index in [1.807, 2.05) is 48.5 Å². The molecule has 1 heterocycles. The SMILES string of the molecule is C[C@@H](OC(=O)CN1C(=O)[C@@H]2C3c4ccccc4C(c4ccccc43)[C@@H]2C1=O)C(=O)c1ccccc1. The Morgan fingerprint density at radius 3 is 1.63 bits per heavy atom. The van der Waals surface area contributed by atoms with Gasteiger partial charge in [0.25, 0.3) is 0 Å². The molecule has 4 aliphatic rings. The van der Waals surface area contributed by atoms with E-state index in [-0.39, 0.29) is 29.4 Å². The summed E-state index contributed by atoms with van der Waals surface area (Å²) in [7, 11) is 0. The minimum Gasteiger partial charge on any atom is -0.453 e. The van der Waals surface area contributed by atoms with Gasteiger partial charge in [-0.1, -0.05) is 78.9 Å². The number of nitrogens with zero attached hydrogens (tertiary/aromatic N) is 1. The molecule has 0 radical (unpaired) electrons. The first-order chi connectivity index (χ1) is 17.0. The summed E-state index contributed by atoms with van der Waals surface area (Å²) in [6, 6.07) is 24.5. The molecule has 6 nitrogen and oxygen atoms in total. The van der Waals surface area contributed by atoms with Crippen molar-refractivity contribution in [2.24, 2.45) is 11.8 Å². The Morgan fingerprint density at radius 1 is 0.743 bits per heavy atom. The van der Waals surface area contributed by atoms with Crippen LogP contribution in [0.1, 0.15) is 51.4 Å². The Labute approximate surface area is 202 Å². The topological polar surface area (TPSA) is 80.8 Å². The Bertz CT molecular complexity index is 1270. The third-order valence-electron chi connectivity index (χ3n) is 7.56. The third kappa shape index (κ3) is 3.16. The van der Waals surface area contributed by atoms with Crippen molar-refractivity contribution in [2.75, 3.05) is 6.54 Å². The number of ether oxygens (including phenoxy) is 1. The maximum atomic E-state index is 13.6. The first-order valence-corrected chi connectivity index (χ1v) is 11.8. The molecule has 0 spiro atoms. The molecule has 1 saturated heterocycles. The van der Waals surface area contributed by atoms with Crippen LogP contribution in [0.25, 0.3) is 0 Å². The van der Waals surface area contributed by atoms with Gasteiger partial charge < -0.3 is 4.74 Å². The predicted molar refractivity (Wildman–Crippen MR) is 127 cm³/mol. The van der Waals surface area contributed by atoms with Crippen molar-refractivity contribution in [3.05, 3.63) is 107 Å². The molecule has 174 valence electrons. The average molecular weight is 466 g/mol. The van der Waals surface area contributed by atoms with Crippen molar-refractivity contribution in [2.45, 2.75) is 24.9 Å². The Balaban J connectivity index is 1.26. The lowest BCUT2D eigenvalue weighted by atomic mass is 9.55. The van der Waals surface area contributed by atoms with Crippen LogP contribution in [0.2, 0.25) is 0 Å². The number of carbonyl (C=O) groups is 4. The Kier molecular flexibility index (Phi) is 4.92. The van der Waals surface area contributed by atoms with Crippen LogP contribution in [0.15, 0.2) is 78.9 Å². The summed E-state index contributed by atoms with van der Waals surface area (Å²) in [5, 5.41) is 0. The van der Waals surface area contributed by atoms with Gasteiger partial charge >= 0.3 is 5.97 Å². The number of Topliss-reactive ketones (excluding diaryl/α,β-unsaturated/α-hetero) is 1. The van der Waals surface area contributed by atoms with Gasteiger partial charge in [-0.3, -0.25) is 24.1 Å². The lowest BCUT2D eigenvalue weighted by Crippen LogP contribution is -2.41. The van der Waals surface area contributed by atoms with Gasteiger partial charge in [0.2, 0.25) is 17.6 Å². The molecule has 0 aromatic heterocycles. The quantitative estimate of drug-likeness (QED) is 0.326. The fraction of sp³-hybridized carbons (Fsp3) is 0.241. The number of ketones is 1. The number of esters is 1. The molecule has 3 aromatic rings. The average Bonchev–Trinajstić information content (AvgIpc) is 3.14. The summed E-state index contributed by atoms with van der Waals surface area (Å²) in [6.45, 7) is 0.997. The summed E-state index contributed by atoms with van der Waals surface area (Å²) in [5.74, 6) is -3.36. The maximum absolute atomic E-state index is 13.6. The number of hydrogen-bond acceptors (Lipinski definition) is 5. The highest BCUT2D eigenvalue weighted by molar-refractivity contribution is 6.09. The largest absolute Gasteiger partial charge is 0.453 e. The molecule has 0 N–H and O–H groups in total. The van der Waals surface area contributed by atoms with E-state index in [9.17, 15) is 19.2 Å². The predicted octanol–water partition coefficient (Wildman–Crippen LogP) is 3.69. The van der Waals surface area contributed by atoms with Crippen molar-refractivity contribution in [1.82, 2.24) is 4.90 Å². The van der Waals surface area contributed by atoms with E-state index < -0.39 is 30.5 Å². The molecule has 3 aromatic carbocycles. The maximum Gasteiger partial charge on any atom is 0.326 e. The van der Waals surface area contributed by atoms with Crippen LogP contribution in [0.5, 0.6) is 0 Å². The van der Waals surface area contributed by atoms with Crippen LogP contribution in [0, 0.1) is 11.8 Å². The summed E-state index contributed by atoms with van der Waals surface area (Å²) in [4.78, 5) is 53.5. The van der Waals surface area contributed by atoms with Gasteiger partial charge in [-0.25, -0.2) is 0 Å². The molecular formula is C29H23NO5. The molecular weight excluding hydrogens is 442 g/mol. The molecule has 7 rings (SSSR count). The number of imide groups is 1. The van der Waals surface area contributed by atoms with Gasteiger partial charge in [-0.2, -0.15) is 0 Å². The standard InChI is InChI=1S/C29H23NO5/c1-16(27(32)17-9-3-2-4-10-17)35-22(31)15-30-28(33)25-23-18-11-5-6-12-19(18)24(26(25)29(30)34)21-14-8-7-13-20(21)23/h2-14,16,23-26H,15H2,1H3/t16-,23?,24?,25-,26+/m1/s1. The zero-order chi connectivity index (χ0) is 24.3. The number of likely N-dealkylation sites (tertiary alicyclic amines) is 1. The number of carbonyl (C=O) groups excluding carboxylic acids is 4. The smallest absolute Gasteiger partial charge is 0.326 e. The van der Waals surface area contributed by atoms with E-state index in [0.717, 1.165) is 27.2 Å². The van der Waals surface area contributed by atoms with Crippen molar-refractivity contribution in [1.29, 1.82) is 0 Å². The Morgan fingerprint density at radius 2 is 1.17 bits per heavy atom. The Hall–Kier alpha value is -4.06. The molecule has 1 aliphatic heterocycles. The molecule has 3 aliphatic carbocycles. The minimum atomic E-state index is -1.02. The van der Waals surface area contributed by atoms with E-state index in [1.165, 1.54) is 6.92 Å². The van der Waals surface area contributed by atoms with E-state index in [2.05, 4.69) is 0 Å². The lowest BCUT2D eigenvalue weighted by Gasteiger charge is -2.45. The highest BCUT2D eigenvalue weighted by atomic mass is 16.5. The number of benzene rings is 3. The first kappa shape index (κ1) is 21.5. The minimum absolute atomic E-state index is 0.228. The summed E-state index contributed by atoms with van der Waals surface area (Å²) in [6.07, 6.45) is -1.02. The number of hydrogen-bond donors (Lipinski definition) is 0. The van der Waals surface area contributed by atoms with Gasteiger partial charge in [0.05, 0.1) is 11.8 Å². The highest BCUT2D eigenvalue weighted by Gasteiger charge is 2.61. The van der Waals surface area contributed by atoms with Gasteiger partial charge in [-0.05, 0) is 29.2 Å². The van der Waals surface area contributed by atoms with Crippen molar-refractivity contribution < 1.29 is 23.9 Å². The lowest BCUT2D eigenvalue weighted by molar-refractivity contribution is -0.154. The number of amides is 2. The van der Waals surface area contributed by atoms with Gasteiger partial charge in [0.1, 0.15) is 6.54 Å². The zero-order valence-corrected chi connectivity index (χ0v) is 19.1. The van der Waals surface area contributed by atoms with Gasteiger partial charge in [0.15, 0.2) is 6.10 Å². The second-order valence-electron chi connectivity index (χ2n) is 9.39. The molecule has 35 heavy (non-hydrogen) atoms. The summed E-state index contributed by atoms with van der Waals surface area (Å²) in [5.41, 5.74) is 4.73. The zero-order valence-electron chi connectivity index (χ0n) is 19.1. The molecule has 0 saturated carbocycles. The molecule has 3 atom stereocenters. The van der Waals surface area contributed by atoms with Crippen molar-refractivity contribution >= 4 is 23.6 Å². The molecule has 2 amide bonds. The second kappa shape index (κ2) is 8.01. The summed E-state index contributed by atoms with van der Waals surface area (Å²) < 4.78 is 5.34. The number of rotatable bonds is 5. The van der Waals surface area contributed by atoms with Crippen molar-refractivity contribution in [3.63, 3.8) is 0 Å². The van der Waals surface area contributed by atoms with Crippen LogP contribution in [-0.2, 0) is 19.1 Å². The normalized spacial score (nSPS) is 24.4. The van der Waals surface area contributed by atoms with Gasteiger partial charge in [0, 0.05) is 17.4 Å². The molecule has 0 unspecified atom stereocenters. The van der Waals surface area contributed by atoms with Crippen molar-refractivity contribution in [3.8, 4) is 0 Å². The van der Waals surface area contributed by atoms with E-state index in [1.54, 1.807) is 30.3 Å². The molecule has 1 fully saturated rings.